The van der Waals surface area contributed by atoms with Crippen LogP contribution in [0.1, 0.15) is 10.4 Å². The van der Waals surface area contributed by atoms with Crippen LogP contribution < -0.4 is 0 Å². The lowest BCUT2D eigenvalue weighted by atomic mass is 10.1. The van der Waals surface area contributed by atoms with Crippen molar-refractivity contribution < 1.29 is 14.3 Å². The molecule has 0 fully saturated rings. The molecule has 0 radical (unpaired) electrons. The largest absolute Gasteiger partial charge is 0.478 e. The standard InChI is InChI=1S/C13H8BrN3O3/c14-9-1-2-11(15-5-9)17-6-10(13(18)19)12(16-17)8-3-4-20-7-8/h1-7H,(H,18,19). The number of carboxylic acids is 1. The van der Waals surface area contributed by atoms with Crippen LogP contribution in [0.3, 0.4) is 0 Å². The van der Waals surface area contributed by atoms with Crippen molar-refractivity contribution in [3.63, 3.8) is 0 Å². The fourth-order valence-electron chi connectivity index (χ4n) is 1.76. The maximum absolute atomic E-state index is 11.3. The fraction of sp³-hybridized carbons (Fsp3) is 0. The van der Waals surface area contributed by atoms with Gasteiger partial charge in [-0.25, -0.2) is 14.5 Å². The molecule has 7 heteroatoms. The van der Waals surface area contributed by atoms with E-state index in [0.29, 0.717) is 17.1 Å². The van der Waals surface area contributed by atoms with Crippen LogP contribution in [0.4, 0.5) is 0 Å². The first-order valence-electron chi connectivity index (χ1n) is 5.62. The van der Waals surface area contributed by atoms with Gasteiger partial charge in [-0.15, -0.1) is 0 Å². The highest BCUT2D eigenvalue weighted by Gasteiger charge is 2.18. The van der Waals surface area contributed by atoms with Crippen LogP contribution in [-0.4, -0.2) is 25.8 Å². The Kier molecular flexibility index (Phi) is 3.11. The predicted octanol–water partition coefficient (Wildman–Crippen LogP) is 2.99. The maximum Gasteiger partial charge on any atom is 0.339 e. The molecular weight excluding hydrogens is 326 g/mol. The zero-order chi connectivity index (χ0) is 14.1. The molecular formula is C13H8BrN3O3. The number of furan rings is 1. The third-order valence-corrected chi connectivity index (χ3v) is 3.15. The quantitative estimate of drug-likeness (QED) is 0.796. The second-order valence-corrected chi connectivity index (χ2v) is 4.90. The molecule has 0 amide bonds. The van der Waals surface area contributed by atoms with Crippen molar-refractivity contribution in [2.24, 2.45) is 0 Å². The molecule has 3 aromatic heterocycles. The van der Waals surface area contributed by atoms with E-state index in [0.717, 1.165) is 4.47 Å². The number of pyridine rings is 1. The highest BCUT2D eigenvalue weighted by molar-refractivity contribution is 9.10. The van der Waals surface area contributed by atoms with E-state index in [-0.39, 0.29) is 5.56 Å². The number of hydrogen-bond acceptors (Lipinski definition) is 4. The Morgan fingerprint density at radius 2 is 2.20 bits per heavy atom. The van der Waals surface area contributed by atoms with Gasteiger partial charge in [0.05, 0.1) is 12.5 Å². The number of halogens is 1. The summed E-state index contributed by atoms with van der Waals surface area (Å²) < 4.78 is 7.23. The molecule has 0 aromatic carbocycles. The van der Waals surface area contributed by atoms with Crippen LogP contribution in [0.2, 0.25) is 0 Å². The molecule has 20 heavy (non-hydrogen) atoms. The van der Waals surface area contributed by atoms with E-state index in [1.807, 2.05) is 6.07 Å². The van der Waals surface area contributed by atoms with Gasteiger partial charge in [0, 0.05) is 22.4 Å². The number of carboxylic acid groups (broad SMARTS) is 1. The second kappa shape index (κ2) is 4.93. The first kappa shape index (κ1) is 12.6. The molecule has 3 aromatic rings. The number of hydrogen-bond donors (Lipinski definition) is 1. The average Bonchev–Trinajstić information content (AvgIpc) is 3.08. The molecule has 0 unspecified atom stereocenters. The summed E-state index contributed by atoms with van der Waals surface area (Å²) in [5.41, 5.74) is 1.05. The van der Waals surface area contributed by atoms with Gasteiger partial charge in [-0.05, 0) is 34.1 Å². The Bertz CT molecular complexity index is 748. The van der Waals surface area contributed by atoms with Gasteiger partial charge in [0.2, 0.25) is 0 Å². The third-order valence-electron chi connectivity index (χ3n) is 2.69. The van der Waals surface area contributed by atoms with Crippen molar-refractivity contribution in [1.29, 1.82) is 0 Å². The van der Waals surface area contributed by atoms with Crippen molar-refractivity contribution in [2.45, 2.75) is 0 Å². The summed E-state index contributed by atoms with van der Waals surface area (Å²) in [6.07, 6.45) is 5.97. The van der Waals surface area contributed by atoms with Crippen molar-refractivity contribution in [1.82, 2.24) is 14.8 Å². The molecule has 0 bridgehead atoms. The summed E-state index contributed by atoms with van der Waals surface area (Å²) in [4.78, 5) is 15.5. The molecule has 3 rings (SSSR count). The van der Waals surface area contributed by atoms with E-state index in [1.165, 1.54) is 23.4 Å². The number of nitrogens with zero attached hydrogens (tertiary/aromatic N) is 3. The van der Waals surface area contributed by atoms with E-state index < -0.39 is 5.97 Å². The SMILES string of the molecule is O=C(O)c1cn(-c2ccc(Br)cn2)nc1-c1ccoc1. The molecule has 0 aliphatic heterocycles. The van der Waals surface area contributed by atoms with Gasteiger partial charge in [-0.3, -0.25) is 0 Å². The molecule has 0 aliphatic carbocycles. The van der Waals surface area contributed by atoms with Crippen molar-refractivity contribution >= 4 is 21.9 Å². The highest BCUT2D eigenvalue weighted by Crippen LogP contribution is 2.24. The minimum atomic E-state index is -1.05. The minimum Gasteiger partial charge on any atom is -0.478 e. The summed E-state index contributed by atoms with van der Waals surface area (Å²) >= 11 is 3.29. The summed E-state index contributed by atoms with van der Waals surface area (Å²) in [7, 11) is 0. The van der Waals surface area contributed by atoms with E-state index >= 15 is 0 Å². The minimum absolute atomic E-state index is 0.0936. The molecule has 3 heterocycles. The number of aromatic nitrogens is 3. The molecule has 0 spiro atoms. The summed E-state index contributed by atoms with van der Waals surface area (Å²) in [5.74, 6) is -0.519. The number of rotatable bonds is 3. The van der Waals surface area contributed by atoms with Crippen molar-refractivity contribution in [3.05, 3.63) is 53.2 Å². The fourth-order valence-corrected chi connectivity index (χ4v) is 2.00. The van der Waals surface area contributed by atoms with E-state index in [1.54, 1.807) is 18.3 Å². The van der Waals surface area contributed by atoms with Gasteiger partial charge in [0.25, 0.3) is 0 Å². The molecule has 0 saturated carbocycles. The Morgan fingerprint density at radius 3 is 2.80 bits per heavy atom. The summed E-state index contributed by atoms with van der Waals surface area (Å²) in [6, 6.07) is 5.21. The normalized spacial score (nSPS) is 10.7. The molecule has 100 valence electrons. The number of aromatic carboxylic acids is 1. The first-order chi connectivity index (χ1) is 9.65. The van der Waals surface area contributed by atoms with Gasteiger partial charge < -0.3 is 9.52 Å². The topological polar surface area (TPSA) is 81.1 Å². The van der Waals surface area contributed by atoms with Gasteiger partial charge in [0.1, 0.15) is 11.3 Å². The van der Waals surface area contributed by atoms with Gasteiger partial charge in [0.15, 0.2) is 5.82 Å². The lowest BCUT2D eigenvalue weighted by Crippen LogP contribution is -1.97. The Morgan fingerprint density at radius 1 is 1.35 bits per heavy atom. The van der Waals surface area contributed by atoms with Crippen LogP contribution >= 0.6 is 15.9 Å². The van der Waals surface area contributed by atoms with Crippen LogP contribution in [0.15, 0.2) is 52.0 Å². The molecule has 0 aliphatic rings. The maximum atomic E-state index is 11.3. The van der Waals surface area contributed by atoms with E-state index in [4.69, 9.17) is 4.42 Å². The van der Waals surface area contributed by atoms with Crippen LogP contribution in [0, 0.1) is 0 Å². The first-order valence-corrected chi connectivity index (χ1v) is 6.42. The highest BCUT2D eigenvalue weighted by atomic mass is 79.9. The third kappa shape index (κ3) is 2.23. The molecule has 1 N–H and O–H groups in total. The monoisotopic (exact) mass is 333 g/mol. The lowest BCUT2D eigenvalue weighted by molar-refractivity contribution is 0.0697. The zero-order valence-electron chi connectivity index (χ0n) is 10.0. The molecule has 0 atom stereocenters. The Labute approximate surface area is 121 Å². The lowest BCUT2D eigenvalue weighted by Gasteiger charge is -1.99. The average molecular weight is 334 g/mol. The van der Waals surface area contributed by atoms with E-state index in [9.17, 15) is 9.90 Å². The smallest absolute Gasteiger partial charge is 0.339 e. The van der Waals surface area contributed by atoms with Crippen molar-refractivity contribution in [3.8, 4) is 17.1 Å². The Hall–Kier alpha value is -2.41. The number of carbonyl (C=O) groups is 1. The van der Waals surface area contributed by atoms with Crippen LogP contribution in [0.5, 0.6) is 0 Å². The van der Waals surface area contributed by atoms with Gasteiger partial charge >= 0.3 is 5.97 Å². The van der Waals surface area contributed by atoms with Crippen LogP contribution in [0.25, 0.3) is 17.1 Å². The van der Waals surface area contributed by atoms with Gasteiger partial charge in [-0.2, -0.15) is 5.10 Å². The summed E-state index contributed by atoms with van der Waals surface area (Å²) in [5, 5.41) is 13.5. The second-order valence-electron chi connectivity index (χ2n) is 3.99. The molecule has 6 nitrogen and oxygen atoms in total. The zero-order valence-corrected chi connectivity index (χ0v) is 11.6. The van der Waals surface area contributed by atoms with Crippen LogP contribution in [-0.2, 0) is 0 Å². The molecule has 0 saturated heterocycles. The van der Waals surface area contributed by atoms with Crippen molar-refractivity contribution in [2.75, 3.05) is 0 Å². The predicted molar refractivity (Wildman–Crippen MR) is 73.7 cm³/mol. The van der Waals surface area contributed by atoms with E-state index in [2.05, 4.69) is 26.0 Å². The van der Waals surface area contributed by atoms with Gasteiger partial charge in [-0.1, -0.05) is 0 Å². The summed E-state index contributed by atoms with van der Waals surface area (Å²) in [6.45, 7) is 0. The Balaban J connectivity index is 2.12.